The summed E-state index contributed by atoms with van der Waals surface area (Å²) in [5, 5.41) is 17.6. The van der Waals surface area contributed by atoms with E-state index in [1.54, 1.807) is 0 Å². The lowest BCUT2D eigenvalue weighted by molar-refractivity contribution is -0.0802. The van der Waals surface area contributed by atoms with E-state index in [-0.39, 0.29) is 11.5 Å². The second kappa shape index (κ2) is 5.94. The lowest BCUT2D eigenvalue weighted by Crippen LogP contribution is -2.64. The highest BCUT2D eigenvalue weighted by atomic mass is 16.3. The van der Waals surface area contributed by atoms with E-state index in [0.29, 0.717) is 12.1 Å². The number of aliphatic hydroxyl groups excluding tert-OH is 1. The number of hydrogen-bond donors (Lipinski definition) is 3. The molecule has 0 spiro atoms. The van der Waals surface area contributed by atoms with Crippen LogP contribution in [0.25, 0.3) is 0 Å². The Hall–Kier alpha value is -0.120. The lowest BCUT2D eigenvalue weighted by atomic mass is 9.63. The van der Waals surface area contributed by atoms with Gasteiger partial charge in [0.1, 0.15) is 0 Å². The fourth-order valence-corrected chi connectivity index (χ4v) is 4.54. The Morgan fingerprint density at radius 2 is 1.80 bits per heavy atom. The zero-order valence-corrected chi connectivity index (χ0v) is 13.2. The van der Waals surface area contributed by atoms with Crippen molar-refractivity contribution < 1.29 is 5.11 Å². The van der Waals surface area contributed by atoms with E-state index in [4.69, 9.17) is 0 Å². The molecule has 5 unspecified atom stereocenters. The van der Waals surface area contributed by atoms with E-state index in [1.807, 2.05) is 0 Å². The van der Waals surface area contributed by atoms with Gasteiger partial charge in [0.15, 0.2) is 0 Å². The minimum absolute atomic E-state index is 0.0575. The van der Waals surface area contributed by atoms with Crippen molar-refractivity contribution in [3.63, 3.8) is 0 Å². The third-order valence-corrected chi connectivity index (χ3v) is 6.32. The quantitative estimate of drug-likeness (QED) is 0.744. The predicted molar refractivity (Wildman–Crippen MR) is 82.7 cm³/mol. The molecule has 3 heteroatoms. The van der Waals surface area contributed by atoms with Gasteiger partial charge in [0, 0.05) is 23.5 Å². The summed E-state index contributed by atoms with van der Waals surface area (Å²) in [6, 6.07) is 1.90. The molecular formula is C17H32N2O. The van der Waals surface area contributed by atoms with Crippen LogP contribution in [0.15, 0.2) is 0 Å². The van der Waals surface area contributed by atoms with Gasteiger partial charge in [-0.3, -0.25) is 0 Å². The highest BCUT2D eigenvalue weighted by Gasteiger charge is 2.48. The largest absolute Gasteiger partial charge is 0.392 e. The van der Waals surface area contributed by atoms with Crippen molar-refractivity contribution in [3.8, 4) is 0 Å². The molecule has 20 heavy (non-hydrogen) atoms. The highest BCUT2D eigenvalue weighted by molar-refractivity contribution is 5.04. The summed E-state index contributed by atoms with van der Waals surface area (Å²) >= 11 is 0. The van der Waals surface area contributed by atoms with Gasteiger partial charge in [0.2, 0.25) is 0 Å². The Bertz CT molecular complexity index is 325. The molecule has 3 rings (SSSR count). The Morgan fingerprint density at radius 1 is 1.05 bits per heavy atom. The smallest absolute Gasteiger partial charge is 0.0621 e. The van der Waals surface area contributed by atoms with E-state index >= 15 is 0 Å². The predicted octanol–water partition coefficient (Wildman–Crippen LogP) is 2.44. The number of piperidine rings is 1. The van der Waals surface area contributed by atoms with E-state index in [0.717, 1.165) is 18.4 Å². The summed E-state index contributed by atoms with van der Waals surface area (Å²) in [7, 11) is 0. The van der Waals surface area contributed by atoms with Crippen molar-refractivity contribution >= 4 is 0 Å². The molecule has 0 bridgehead atoms. The summed E-state index contributed by atoms with van der Waals surface area (Å²) in [5.41, 5.74) is 0.0575. The summed E-state index contributed by atoms with van der Waals surface area (Å²) in [6.45, 7) is 5.62. The first-order valence-electron chi connectivity index (χ1n) is 8.76. The minimum atomic E-state index is -0.116. The van der Waals surface area contributed by atoms with Crippen LogP contribution in [0.4, 0.5) is 0 Å². The molecule has 0 aromatic heterocycles. The maximum absolute atomic E-state index is 9.94. The van der Waals surface area contributed by atoms with Gasteiger partial charge >= 0.3 is 0 Å². The Kier molecular flexibility index (Phi) is 4.40. The van der Waals surface area contributed by atoms with E-state index in [9.17, 15) is 5.11 Å². The summed E-state index contributed by atoms with van der Waals surface area (Å²) in [6.07, 6.45) is 10.4. The van der Waals surface area contributed by atoms with E-state index in [2.05, 4.69) is 24.5 Å². The molecule has 2 saturated carbocycles. The fourth-order valence-electron chi connectivity index (χ4n) is 4.54. The van der Waals surface area contributed by atoms with Gasteiger partial charge in [-0.2, -0.15) is 0 Å². The molecule has 3 N–H and O–H groups in total. The molecule has 0 aromatic rings. The first kappa shape index (κ1) is 14.8. The number of hydrogen-bond acceptors (Lipinski definition) is 3. The number of aliphatic hydroxyl groups is 1. The van der Waals surface area contributed by atoms with Crippen LogP contribution in [-0.2, 0) is 0 Å². The van der Waals surface area contributed by atoms with Crippen LogP contribution >= 0.6 is 0 Å². The van der Waals surface area contributed by atoms with Crippen LogP contribution in [0.5, 0.6) is 0 Å². The summed E-state index contributed by atoms with van der Waals surface area (Å²) < 4.78 is 0. The summed E-state index contributed by atoms with van der Waals surface area (Å²) in [4.78, 5) is 0. The first-order chi connectivity index (χ1) is 9.59. The van der Waals surface area contributed by atoms with Crippen LogP contribution in [0.2, 0.25) is 0 Å². The Balaban J connectivity index is 1.60. The third kappa shape index (κ3) is 2.77. The first-order valence-corrected chi connectivity index (χ1v) is 8.76. The van der Waals surface area contributed by atoms with Crippen LogP contribution in [0.1, 0.15) is 65.2 Å². The SMILES string of the molecule is CC1(C)C(O)CC1NC1CCCCC1C1CCCCN1. The standard InChI is InChI=1S/C17H32N2O/c1-17(2)15(11-16(17)20)19-14-9-4-3-7-12(14)13-8-5-6-10-18-13/h12-16,18-20H,3-11H2,1-2H3. The second-order valence-electron chi connectivity index (χ2n) is 7.90. The summed E-state index contributed by atoms with van der Waals surface area (Å²) in [5.74, 6) is 0.803. The maximum Gasteiger partial charge on any atom is 0.0621 e. The molecule has 116 valence electrons. The molecule has 1 heterocycles. The topological polar surface area (TPSA) is 44.3 Å². The molecule has 3 aliphatic rings. The van der Waals surface area contributed by atoms with Crippen LogP contribution in [0.3, 0.4) is 0 Å². The van der Waals surface area contributed by atoms with Gasteiger partial charge in [0.05, 0.1) is 6.10 Å². The average Bonchev–Trinajstić information content (AvgIpc) is 2.48. The van der Waals surface area contributed by atoms with Crippen LogP contribution < -0.4 is 10.6 Å². The minimum Gasteiger partial charge on any atom is -0.392 e. The fraction of sp³-hybridized carbons (Fsp3) is 1.00. The van der Waals surface area contributed by atoms with Gasteiger partial charge in [0.25, 0.3) is 0 Å². The van der Waals surface area contributed by atoms with Gasteiger partial charge in [-0.05, 0) is 44.6 Å². The van der Waals surface area contributed by atoms with Gasteiger partial charge in [-0.25, -0.2) is 0 Å². The molecule has 1 aliphatic heterocycles. The molecule has 1 saturated heterocycles. The zero-order valence-electron chi connectivity index (χ0n) is 13.2. The van der Waals surface area contributed by atoms with Gasteiger partial charge in [-0.15, -0.1) is 0 Å². The van der Waals surface area contributed by atoms with Crippen molar-refractivity contribution in [2.75, 3.05) is 6.54 Å². The van der Waals surface area contributed by atoms with Crippen molar-refractivity contribution in [2.45, 2.75) is 89.4 Å². The van der Waals surface area contributed by atoms with Crippen LogP contribution in [0, 0.1) is 11.3 Å². The molecule has 5 atom stereocenters. The molecule has 3 nitrogen and oxygen atoms in total. The van der Waals surface area contributed by atoms with E-state index in [1.165, 1.54) is 51.5 Å². The maximum atomic E-state index is 9.94. The Morgan fingerprint density at radius 3 is 2.45 bits per heavy atom. The van der Waals surface area contributed by atoms with Crippen molar-refractivity contribution in [3.05, 3.63) is 0 Å². The zero-order chi connectivity index (χ0) is 14.2. The van der Waals surface area contributed by atoms with Crippen molar-refractivity contribution in [2.24, 2.45) is 11.3 Å². The monoisotopic (exact) mass is 280 g/mol. The average molecular weight is 280 g/mol. The molecule has 0 radical (unpaired) electrons. The molecule has 2 aliphatic carbocycles. The van der Waals surface area contributed by atoms with E-state index < -0.39 is 0 Å². The van der Waals surface area contributed by atoms with Gasteiger partial charge < -0.3 is 15.7 Å². The lowest BCUT2D eigenvalue weighted by Gasteiger charge is -2.53. The molecule has 0 aromatic carbocycles. The number of rotatable bonds is 3. The highest BCUT2D eigenvalue weighted by Crippen LogP contribution is 2.42. The molecule has 3 fully saturated rings. The van der Waals surface area contributed by atoms with Crippen molar-refractivity contribution in [1.29, 1.82) is 0 Å². The second-order valence-corrected chi connectivity index (χ2v) is 7.90. The molecule has 0 amide bonds. The van der Waals surface area contributed by atoms with Gasteiger partial charge in [-0.1, -0.05) is 33.1 Å². The normalized spacial score (nSPS) is 44.9. The molecular weight excluding hydrogens is 248 g/mol. The van der Waals surface area contributed by atoms with Crippen molar-refractivity contribution in [1.82, 2.24) is 10.6 Å². The number of nitrogens with one attached hydrogen (secondary N) is 2. The van der Waals surface area contributed by atoms with Crippen LogP contribution in [-0.4, -0.2) is 35.9 Å². The third-order valence-electron chi connectivity index (χ3n) is 6.32. The Labute approximate surface area is 123 Å².